The van der Waals surface area contributed by atoms with E-state index in [9.17, 15) is 9.59 Å². The van der Waals surface area contributed by atoms with Crippen LogP contribution in [0.1, 0.15) is 12.8 Å². The Hall–Kier alpha value is -1.79. The van der Waals surface area contributed by atoms with Crippen molar-refractivity contribution in [2.75, 3.05) is 23.7 Å². The first-order chi connectivity index (χ1) is 9.15. The summed E-state index contributed by atoms with van der Waals surface area (Å²) in [6.07, 6.45) is 1.94. The van der Waals surface area contributed by atoms with Crippen molar-refractivity contribution < 1.29 is 9.59 Å². The number of piperidine rings is 1. The molecule has 1 saturated heterocycles. The van der Waals surface area contributed by atoms with Crippen LogP contribution in [0.25, 0.3) is 0 Å². The first kappa shape index (κ1) is 16.3. The monoisotopic (exact) mass is 298 g/mol. The Morgan fingerprint density at radius 1 is 1.15 bits per heavy atom. The van der Waals surface area contributed by atoms with Crippen molar-refractivity contribution in [3.63, 3.8) is 0 Å². The second-order valence-electron chi connectivity index (χ2n) is 4.60. The second kappa shape index (κ2) is 7.72. The zero-order valence-corrected chi connectivity index (χ0v) is 11.8. The Morgan fingerprint density at radius 3 is 2.25 bits per heavy atom. The molecule has 0 spiro atoms. The number of benzene rings is 1. The molecule has 5 N–H and O–H groups in total. The lowest BCUT2D eigenvalue weighted by Gasteiger charge is -2.21. The number of halogens is 1. The highest BCUT2D eigenvalue weighted by Gasteiger charge is 2.20. The summed E-state index contributed by atoms with van der Waals surface area (Å²) in [5.41, 5.74) is 6.33. The van der Waals surface area contributed by atoms with E-state index in [1.165, 1.54) is 0 Å². The molecular weight excluding hydrogens is 280 g/mol. The van der Waals surface area contributed by atoms with E-state index in [0.29, 0.717) is 11.4 Å². The molecule has 1 fully saturated rings. The quantitative estimate of drug-likeness (QED) is 0.681. The summed E-state index contributed by atoms with van der Waals surface area (Å²) < 4.78 is 0. The van der Waals surface area contributed by atoms with Gasteiger partial charge in [0, 0.05) is 17.9 Å². The summed E-state index contributed by atoms with van der Waals surface area (Å²) in [6.45, 7) is 1.71. The number of nitrogens with two attached hydrogens (primary N) is 1. The van der Waals surface area contributed by atoms with E-state index in [0.717, 1.165) is 25.9 Å². The first-order valence-corrected chi connectivity index (χ1v) is 6.33. The van der Waals surface area contributed by atoms with Crippen LogP contribution in [-0.2, 0) is 4.79 Å². The fourth-order valence-electron chi connectivity index (χ4n) is 2.10. The summed E-state index contributed by atoms with van der Waals surface area (Å²) in [6, 6.07) is 6.25. The fraction of sp³-hybridized carbons (Fsp3) is 0.385. The number of carbonyl (C=O) groups is 2. The lowest BCUT2D eigenvalue weighted by Crippen LogP contribution is -2.37. The van der Waals surface area contributed by atoms with Crippen LogP contribution in [-0.4, -0.2) is 25.0 Å². The van der Waals surface area contributed by atoms with E-state index in [2.05, 4.69) is 16.0 Å². The van der Waals surface area contributed by atoms with Gasteiger partial charge in [0.25, 0.3) is 0 Å². The van der Waals surface area contributed by atoms with Gasteiger partial charge >= 0.3 is 6.03 Å². The molecule has 2 rings (SSSR count). The number of anilines is 2. The SMILES string of the molecule is Cl.NC(=O)Nc1ccc(NC(=O)[C@@H]2CCCNC2)cc1. The Labute approximate surface area is 123 Å². The first-order valence-electron chi connectivity index (χ1n) is 6.33. The van der Waals surface area contributed by atoms with Gasteiger partial charge in [-0.3, -0.25) is 4.79 Å². The number of nitrogens with one attached hydrogen (secondary N) is 3. The van der Waals surface area contributed by atoms with Crippen LogP contribution in [0.3, 0.4) is 0 Å². The molecular formula is C13H19ClN4O2. The van der Waals surface area contributed by atoms with E-state index >= 15 is 0 Å². The molecule has 1 aromatic carbocycles. The zero-order valence-electron chi connectivity index (χ0n) is 11.0. The molecule has 6 nitrogen and oxygen atoms in total. The van der Waals surface area contributed by atoms with Crippen LogP contribution in [0.5, 0.6) is 0 Å². The molecule has 3 amide bonds. The van der Waals surface area contributed by atoms with Gasteiger partial charge in [0.15, 0.2) is 0 Å². The van der Waals surface area contributed by atoms with Crippen molar-refractivity contribution >= 4 is 35.7 Å². The molecule has 1 aliphatic heterocycles. The van der Waals surface area contributed by atoms with Gasteiger partial charge in [-0.05, 0) is 43.7 Å². The van der Waals surface area contributed by atoms with Gasteiger partial charge in [-0.2, -0.15) is 0 Å². The minimum absolute atomic E-state index is 0. The minimum Gasteiger partial charge on any atom is -0.351 e. The van der Waals surface area contributed by atoms with Crippen LogP contribution in [0.15, 0.2) is 24.3 Å². The maximum absolute atomic E-state index is 12.0. The molecule has 0 aliphatic carbocycles. The van der Waals surface area contributed by atoms with Crippen molar-refractivity contribution in [2.45, 2.75) is 12.8 Å². The van der Waals surface area contributed by atoms with Crippen LogP contribution in [0.2, 0.25) is 0 Å². The Balaban J connectivity index is 0.00000200. The number of urea groups is 1. The van der Waals surface area contributed by atoms with E-state index < -0.39 is 6.03 Å². The number of primary amides is 1. The topological polar surface area (TPSA) is 96.2 Å². The van der Waals surface area contributed by atoms with Crippen molar-refractivity contribution in [1.29, 1.82) is 0 Å². The van der Waals surface area contributed by atoms with Crippen molar-refractivity contribution in [1.82, 2.24) is 5.32 Å². The van der Waals surface area contributed by atoms with Crippen LogP contribution < -0.4 is 21.7 Å². The molecule has 1 heterocycles. The summed E-state index contributed by atoms with van der Waals surface area (Å²) in [5, 5.41) is 8.54. The van der Waals surface area contributed by atoms with Gasteiger partial charge in [0.1, 0.15) is 0 Å². The van der Waals surface area contributed by atoms with E-state index in [1.807, 2.05) is 0 Å². The van der Waals surface area contributed by atoms with Crippen LogP contribution in [0.4, 0.5) is 16.2 Å². The third-order valence-corrected chi connectivity index (χ3v) is 3.09. The van der Waals surface area contributed by atoms with Crippen molar-refractivity contribution in [2.24, 2.45) is 11.7 Å². The largest absolute Gasteiger partial charge is 0.351 e. The molecule has 1 atom stereocenters. The minimum atomic E-state index is -0.606. The van der Waals surface area contributed by atoms with Gasteiger partial charge in [-0.15, -0.1) is 12.4 Å². The number of hydrogen-bond donors (Lipinski definition) is 4. The van der Waals surface area contributed by atoms with Crippen LogP contribution in [0, 0.1) is 5.92 Å². The molecule has 7 heteroatoms. The molecule has 110 valence electrons. The molecule has 1 aromatic rings. The number of carbonyl (C=O) groups excluding carboxylic acids is 2. The Morgan fingerprint density at radius 2 is 1.75 bits per heavy atom. The average Bonchev–Trinajstić information content (AvgIpc) is 2.41. The fourth-order valence-corrected chi connectivity index (χ4v) is 2.10. The number of rotatable bonds is 3. The molecule has 0 saturated carbocycles. The Bertz CT molecular complexity index is 458. The Kier molecular flexibility index (Phi) is 6.27. The van der Waals surface area contributed by atoms with Crippen molar-refractivity contribution in [3.05, 3.63) is 24.3 Å². The molecule has 1 aliphatic rings. The highest BCUT2D eigenvalue weighted by atomic mass is 35.5. The van der Waals surface area contributed by atoms with Gasteiger partial charge in [-0.1, -0.05) is 0 Å². The van der Waals surface area contributed by atoms with Gasteiger partial charge < -0.3 is 21.7 Å². The number of amides is 3. The standard InChI is InChI=1S/C13H18N4O2.ClH/c14-13(19)17-11-5-3-10(4-6-11)16-12(18)9-2-1-7-15-8-9;/h3-6,9,15H,1-2,7-8H2,(H,16,18)(H3,14,17,19);1H/t9-;/m1./s1. The predicted octanol–water partition coefficient (Wildman–Crippen LogP) is 1.54. The summed E-state index contributed by atoms with van der Waals surface area (Å²) in [7, 11) is 0. The van der Waals surface area contributed by atoms with Crippen LogP contribution >= 0.6 is 12.4 Å². The summed E-state index contributed by atoms with van der Waals surface area (Å²) in [4.78, 5) is 22.7. The van der Waals surface area contributed by atoms with Gasteiger partial charge in [-0.25, -0.2) is 4.79 Å². The van der Waals surface area contributed by atoms with E-state index in [-0.39, 0.29) is 24.2 Å². The predicted molar refractivity (Wildman–Crippen MR) is 81.1 cm³/mol. The second-order valence-corrected chi connectivity index (χ2v) is 4.60. The normalized spacial score (nSPS) is 17.7. The highest BCUT2D eigenvalue weighted by molar-refractivity contribution is 5.93. The molecule has 0 unspecified atom stereocenters. The maximum Gasteiger partial charge on any atom is 0.316 e. The third-order valence-electron chi connectivity index (χ3n) is 3.09. The summed E-state index contributed by atoms with van der Waals surface area (Å²) in [5.74, 6) is 0.0555. The number of hydrogen-bond acceptors (Lipinski definition) is 3. The third kappa shape index (κ3) is 4.71. The average molecular weight is 299 g/mol. The summed E-state index contributed by atoms with van der Waals surface area (Å²) >= 11 is 0. The molecule has 0 radical (unpaired) electrons. The molecule has 0 bridgehead atoms. The van der Waals surface area contributed by atoms with Gasteiger partial charge in [0.05, 0.1) is 5.92 Å². The van der Waals surface area contributed by atoms with Gasteiger partial charge in [0.2, 0.25) is 5.91 Å². The van der Waals surface area contributed by atoms with E-state index in [4.69, 9.17) is 5.73 Å². The molecule has 0 aromatic heterocycles. The van der Waals surface area contributed by atoms with Crippen molar-refractivity contribution in [3.8, 4) is 0 Å². The molecule has 20 heavy (non-hydrogen) atoms. The maximum atomic E-state index is 12.0. The van der Waals surface area contributed by atoms with E-state index in [1.54, 1.807) is 24.3 Å². The zero-order chi connectivity index (χ0) is 13.7. The lowest BCUT2D eigenvalue weighted by molar-refractivity contribution is -0.120. The lowest BCUT2D eigenvalue weighted by atomic mass is 9.99. The highest BCUT2D eigenvalue weighted by Crippen LogP contribution is 2.16. The smallest absolute Gasteiger partial charge is 0.316 e.